The van der Waals surface area contributed by atoms with Crippen LogP contribution < -0.4 is 0 Å². The molecule has 0 heterocycles. The Labute approximate surface area is 144 Å². The van der Waals surface area contributed by atoms with Crippen molar-refractivity contribution in [3.63, 3.8) is 0 Å². The number of hydrogen-bond donors (Lipinski definition) is 0. The smallest absolute Gasteiger partial charge is 0.303 e. The molecule has 0 radical (unpaired) electrons. The third-order valence-corrected chi connectivity index (χ3v) is 4.05. The molecule has 0 aromatic heterocycles. The highest BCUT2D eigenvalue weighted by atomic mass is 16.6. The van der Waals surface area contributed by atoms with Gasteiger partial charge in [0.05, 0.1) is 6.42 Å². The number of rotatable bonds is 12. The number of nitro groups is 1. The summed E-state index contributed by atoms with van der Waals surface area (Å²) in [5.41, 5.74) is 2.07. The van der Waals surface area contributed by atoms with Crippen LogP contribution in [0.1, 0.15) is 76.0 Å². The van der Waals surface area contributed by atoms with Crippen molar-refractivity contribution in [2.75, 3.05) is 6.54 Å². The van der Waals surface area contributed by atoms with Crippen LogP contribution in [0.4, 0.5) is 0 Å². The Morgan fingerprint density at radius 3 is 2.33 bits per heavy atom. The number of carbonyl (C=O) groups is 1. The van der Waals surface area contributed by atoms with E-state index in [1.54, 1.807) is 0 Å². The minimum atomic E-state index is -0.545. The number of hydrogen-bond acceptors (Lipinski definition) is 4. The molecule has 24 heavy (non-hydrogen) atoms. The maximum absolute atomic E-state index is 11.2. The highest BCUT2D eigenvalue weighted by Gasteiger charge is 2.17. The largest absolute Gasteiger partial charge is 0.457 e. The average molecular weight is 335 g/mol. The lowest BCUT2D eigenvalue weighted by Crippen LogP contribution is -2.13. The molecular formula is C19H29NO4. The van der Waals surface area contributed by atoms with Gasteiger partial charge in [-0.1, -0.05) is 63.3 Å². The van der Waals surface area contributed by atoms with Crippen LogP contribution in [0.2, 0.25) is 0 Å². The second-order valence-corrected chi connectivity index (χ2v) is 6.20. The highest BCUT2D eigenvalue weighted by molar-refractivity contribution is 5.66. The molecule has 1 atom stereocenters. The van der Waals surface area contributed by atoms with E-state index >= 15 is 0 Å². The second-order valence-electron chi connectivity index (χ2n) is 6.20. The molecule has 0 saturated carbocycles. The van der Waals surface area contributed by atoms with Gasteiger partial charge in [0.15, 0.2) is 0 Å². The summed E-state index contributed by atoms with van der Waals surface area (Å²) in [5, 5.41) is 10.6. The molecule has 5 nitrogen and oxygen atoms in total. The highest BCUT2D eigenvalue weighted by Crippen LogP contribution is 2.22. The van der Waals surface area contributed by atoms with Crippen molar-refractivity contribution < 1.29 is 14.5 Å². The van der Waals surface area contributed by atoms with E-state index in [0.29, 0.717) is 0 Å². The van der Waals surface area contributed by atoms with E-state index in [2.05, 4.69) is 6.92 Å². The topological polar surface area (TPSA) is 69.4 Å². The van der Waals surface area contributed by atoms with Crippen molar-refractivity contribution in [3.05, 3.63) is 45.5 Å². The van der Waals surface area contributed by atoms with Crippen LogP contribution in [0, 0.1) is 10.1 Å². The van der Waals surface area contributed by atoms with Crippen molar-refractivity contribution >= 4 is 5.97 Å². The molecule has 0 saturated heterocycles. The number of ether oxygens (including phenoxy) is 1. The van der Waals surface area contributed by atoms with Gasteiger partial charge in [-0.15, -0.1) is 0 Å². The zero-order valence-electron chi connectivity index (χ0n) is 14.8. The predicted octanol–water partition coefficient (Wildman–Crippen LogP) is 4.86. The summed E-state index contributed by atoms with van der Waals surface area (Å²) in [4.78, 5) is 21.4. The van der Waals surface area contributed by atoms with Gasteiger partial charge in [-0.2, -0.15) is 0 Å². The van der Waals surface area contributed by atoms with Gasteiger partial charge in [-0.25, -0.2) is 0 Å². The molecule has 0 aliphatic carbocycles. The molecule has 1 aromatic rings. The van der Waals surface area contributed by atoms with Crippen LogP contribution in [-0.2, 0) is 16.0 Å². The number of esters is 1. The summed E-state index contributed by atoms with van der Waals surface area (Å²) in [5.74, 6) is -0.417. The first kappa shape index (κ1) is 20.1. The first-order valence-corrected chi connectivity index (χ1v) is 8.90. The Balaban J connectivity index is 2.49. The number of nitrogens with zero attached hydrogens (tertiary/aromatic N) is 1. The van der Waals surface area contributed by atoms with Crippen LogP contribution in [0.5, 0.6) is 0 Å². The van der Waals surface area contributed by atoms with Crippen LogP contribution in [0.3, 0.4) is 0 Å². The standard InChI is InChI=1S/C19H29NO4/c1-3-4-5-6-7-8-9-17-10-12-18(13-11-17)19(24-16(2)21)14-15-20(22)23/h10-13,19H,3-9,14-15H2,1-2H3. The first-order valence-electron chi connectivity index (χ1n) is 8.90. The molecule has 1 aromatic carbocycles. The first-order chi connectivity index (χ1) is 11.5. The van der Waals surface area contributed by atoms with Gasteiger partial charge in [0, 0.05) is 11.8 Å². The van der Waals surface area contributed by atoms with Crippen molar-refractivity contribution in [2.45, 2.75) is 71.3 Å². The van der Waals surface area contributed by atoms with Crippen molar-refractivity contribution in [2.24, 2.45) is 0 Å². The van der Waals surface area contributed by atoms with Crippen LogP contribution in [0.15, 0.2) is 24.3 Å². The Bertz CT molecular complexity index is 499. The third-order valence-electron chi connectivity index (χ3n) is 4.05. The SMILES string of the molecule is CCCCCCCCc1ccc(C(CC[N+](=O)[O-])OC(C)=O)cc1. The minimum absolute atomic E-state index is 0.198. The normalized spacial score (nSPS) is 11.9. The Morgan fingerprint density at radius 2 is 1.75 bits per heavy atom. The average Bonchev–Trinajstić information content (AvgIpc) is 2.55. The molecule has 0 N–H and O–H groups in total. The van der Waals surface area contributed by atoms with E-state index < -0.39 is 12.1 Å². The Kier molecular flexibility index (Phi) is 9.73. The zero-order valence-corrected chi connectivity index (χ0v) is 14.8. The van der Waals surface area contributed by atoms with Gasteiger partial charge in [-0.3, -0.25) is 14.9 Å². The van der Waals surface area contributed by atoms with Gasteiger partial charge >= 0.3 is 5.97 Å². The van der Waals surface area contributed by atoms with Crippen LogP contribution in [0.25, 0.3) is 0 Å². The lowest BCUT2D eigenvalue weighted by molar-refractivity contribution is -0.482. The molecule has 134 valence electrons. The lowest BCUT2D eigenvalue weighted by Gasteiger charge is -2.16. The number of aryl methyl sites for hydroxylation is 1. The summed E-state index contributed by atoms with van der Waals surface area (Å²) in [7, 11) is 0. The maximum atomic E-state index is 11.2. The number of benzene rings is 1. The quantitative estimate of drug-likeness (QED) is 0.237. The fraction of sp³-hybridized carbons (Fsp3) is 0.632. The molecular weight excluding hydrogens is 306 g/mol. The lowest BCUT2D eigenvalue weighted by atomic mass is 10.0. The number of unbranched alkanes of at least 4 members (excludes halogenated alkanes) is 5. The Hall–Kier alpha value is -1.91. The van der Waals surface area contributed by atoms with E-state index in [1.807, 2.05) is 24.3 Å². The predicted molar refractivity (Wildman–Crippen MR) is 94.5 cm³/mol. The van der Waals surface area contributed by atoms with Crippen molar-refractivity contribution in [1.82, 2.24) is 0 Å². The molecule has 0 fully saturated rings. The fourth-order valence-electron chi connectivity index (χ4n) is 2.73. The molecule has 0 bridgehead atoms. The van der Waals surface area contributed by atoms with E-state index in [-0.39, 0.29) is 17.9 Å². The zero-order chi connectivity index (χ0) is 17.8. The van der Waals surface area contributed by atoms with Crippen molar-refractivity contribution in [3.8, 4) is 0 Å². The van der Waals surface area contributed by atoms with Crippen LogP contribution in [-0.4, -0.2) is 17.4 Å². The maximum Gasteiger partial charge on any atom is 0.303 e. The second kappa shape index (κ2) is 11.6. The summed E-state index contributed by atoms with van der Waals surface area (Å²) >= 11 is 0. The minimum Gasteiger partial charge on any atom is -0.457 e. The van der Waals surface area contributed by atoms with Gasteiger partial charge in [0.25, 0.3) is 0 Å². The summed E-state index contributed by atoms with van der Waals surface area (Å²) in [6.45, 7) is 3.33. The van der Waals surface area contributed by atoms with Gasteiger partial charge in [0.1, 0.15) is 6.10 Å². The Morgan fingerprint density at radius 1 is 1.12 bits per heavy atom. The molecule has 0 aliphatic heterocycles. The molecule has 1 rings (SSSR count). The monoisotopic (exact) mass is 335 g/mol. The number of carbonyl (C=O) groups excluding carboxylic acids is 1. The van der Waals surface area contributed by atoms with Gasteiger partial charge < -0.3 is 4.74 Å². The van der Waals surface area contributed by atoms with E-state index in [0.717, 1.165) is 12.0 Å². The third kappa shape index (κ3) is 8.65. The molecule has 1 unspecified atom stereocenters. The summed E-state index contributed by atoms with van der Waals surface area (Å²) < 4.78 is 5.22. The van der Waals surface area contributed by atoms with Crippen molar-refractivity contribution in [1.29, 1.82) is 0 Å². The summed E-state index contributed by atoms with van der Waals surface area (Å²) in [6.07, 6.45) is 8.31. The molecule has 0 spiro atoms. The van der Waals surface area contributed by atoms with Gasteiger partial charge in [0.2, 0.25) is 6.54 Å². The molecule has 5 heteroatoms. The van der Waals surface area contributed by atoms with E-state index in [4.69, 9.17) is 4.74 Å². The molecule has 0 amide bonds. The summed E-state index contributed by atoms with van der Waals surface area (Å²) in [6, 6.07) is 7.90. The van der Waals surface area contributed by atoms with E-state index in [9.17, 15) is 14.9 Å². The van der Waals surface area contributed by atoms with Crippen LogP contribution >= 0.6 is 0 Å². The fourth-order valence-corrected chi connectivity index (χ4v) is 2.73. The van der Waals surface area contributed by atoms with E-state index in [1.165, 1.54) is 51.0 Å². The molecule has 0 aliphatic rings. The van der Waals surface area contributed by atoms with Gasteiger partial charge in [-0.05, 0) is 24.0 Å².